The summed E-state index contributed by atoms with van der Waals surface area (Å²) in [4.78, 5) is 23.8. The molecule has 0 aromatic heterocycles. The Hall–Kier alpha value is -2.82. The number of nitrogens with one attached hydrogen (secondary N) is 2. The van der Waals surface area contributed by atoms with Crippen molar-refractivity contribution in [3.05, 3.63) is 59.7 Å². The quantitative estimate of drug-likeness (QED) is 0.832. The van der Waals surface area contributed by atoms with Crippen LogP contribution in [0, 0.1) is 6.92 Å². The Morgan fingerprint density at radius 1 is 1.09 bits per heavy atom. The lowest BCUT2D eigenvalue weighted by Gasteiger charge is -2.17. The lowest BCUT2D eigenvalue weighted by Crippen LogP contribution is -2.32. The van der Waals surface area contributed by atoms with Gasteiger partial charge in [0.05, 0.1) is 12.7 Å². The highest BCUT2D eigenvalue weighted by atomic mass is 16.5. The highest BCUT2D eigenvalue weighted by Gasteiger charge is 2.15. The van der Waals surface area contributed by atoms with Gasteiger partial charge in [0.15, 0.2) is 0 Å². The van der Waals surface area contributed by atoms with Gasteiger partial charge in [-0.1, -0.05) is 24.3 Å². The van der Waals surface area contributed by atoms with Crippen molar-refractivity contribution in [1.82, 2.24) is 0 Å². The molecule has 2 aromatic rings. The molecular formula is C18H20N2O3. The highest BCUT2D eigenvalue weighted by Crippen LogP contribution is 2.19. The number of amides is 1. The van der Waals surface area contributed by atoms with E-state index in [0.717, 1.165) is 16.9 Å². The number of ether oxygens (including phenoxy) is 1. The maximum Gasteiger partial charge on any atom is 0.337 e. The van der Waals surface area contributed by atoms with E-state index in [1.165, 1.54) is 7.11 Å². The molecule has 1 amide bonds. The molecule has 0 aliphatic rings. The minimum Gasteiger partial charge on any atom is -0.465 e. The minimum atomic E-state index is -0.457. The topological polar surface area (TPSA) is 67.4 Å². The van der Waals surface area contributed by atoms with Crippen molar-refractivity contribution in [1.29, 1.82) is 0 Å². The first kappa shape index (κ1) is 16.5. The third-order valence-corrected chi connectivity index (χ3v) is 3.47. The molecule has 2 N–H and O–H groups in total. The molecule has 0 aliphatic heterocycles. The Morgan fingerprint density at radius 3 is 2.43 bits per heavy atom. The van der Waals surface area contributed by atoms with E-state index in [0.29, 0.717) is 5.56 Å². The summed E-state index contributed by atoms with van der Waals surface area (Å²) < 4.78 is 4.72. The van der Waals surface area contributed by atoms with Crippen LogP contribution < -0.4 is 10.6 Å². The number of benzene rings is 2. The van der Waals surface area contributed by atoms with Gasteiger partial charge in [-0.2, -0.15) is 0 Å². The molecule has 120 valence electrons. The SMILES string of the molecule is COC(=O)c1ccc(C)c(N[C@@H](C)C(=O)Nc2ccccc2)c1. The van der Waals surface area contributed by atoms with E-state index in [4.69, 9.17) is 4.74 Å². The number of carbonyl (C=O) groups excluding carboxylic acids is 2. The first-order valence-electron chi connectivity index (χ1n) is 7.32. The number of para-hydroxylation sites is 1. The van der Waals surface area contributed by atoms with Crippen LogP contribution in [-0.4, -0.2) is 25.0 Å². The zero-order chi connectivity index (χ0) is 16.8. The van der Waals surface area contributed by atoms with Crippen LogP contribution in [0.5, 0.6) is 0 Å². The summed E-state index contributed by atoms with van der Waals surface area (Å²) in [6, 6.07) is 14.0. The van der Waals surface area contributed by atoms with Crippen molar-refractivity contribution < 1.29 is 14.3 Å². The normalized spacial score (nSPS) is 11.4. The van der Waals surface area contributed by atoms with E-state index in [1.54, 1.807) is 19.1 Å². The number of esters is 1. The van der Waals surface area contributed by atoms with Crippen LogP contribution in [0.2, 0.25) is 0 Å². The van der Waals surface area contributed by atoms with Crippen LogP contribution in [0.15, 0.2) is 48.5 Å². The smallest absolute Gasteiger partial charge is 0.337 e. The zero-order valence-electron chi connectivity index (χ0n) is 13.4. The monoisotopic (exact) mass is 312 g/mol. The van der Waals surface area contributed by atoms with Crippen molar-refractivity contribution in [2.75, 3.05) is 17.7 Å². The maximum absolute atomic E-state index is 12.2. The summed E-state index contributed by atoms with van der Waals surface area (Å²) in [5.41, 5.74) is 2.85. The fourth-order valence-electron chi connectivity index (χ4n) is 2.09. The molecule has 23 heavy (non-hydrogen) atoms. The Bertz CT molecular complexity index is 699. The first-order valence-corrected chi connectivity index (χ1v) is 7.32. The van der Waals surface area contributed by atoms with Gasteiger partial charge in [0.25, 0.3) is 0 Å². The Labute approximate surface area is 135 Å². The second-order valence-electron chi connectivity index (χ2n) is 5.24. The molecule has 0 heterocycles. The fourth-order valence-corrected chi connectivity index (χ4v) is 2.09. The van der Waals surface area contributed by atoms with Crippen LogP contribution >= 0.6 is 0 Å². The average molecular weight is 312 g/mol. The van der Waals surface area contributed by atoms with Gasteiger partial charge in [0.2, 0.25) is 5.91 Å². The Morgan fingerprint density at radius 2 is 1.78 bits per heavy atom. The second-order valence-corrected chi connectivity index (χ2v) is 5.24. The standard InChI is InChI=1S/C18H20N2O3/c1-12-9-10-14(18(22)23-3)11-16(12)19-13(2)17(21)20-15-7-5-4-6-8-15/h4-11,13,19H,1-3H3,(H,20,21)/t13-/m0/s1. The molecule has 0 unspecified atom stereocenters. The molecule has 0 spiro atoms. The van der Waals surface area contributed by atoms with Crippen molar-refractivity contribution in [2.24, 2.45) is 0 Å². The second kappa shape index (κ2) is 7.45. The number of aryl methyl sites for hydroxylation is 1. The summed E-state index contributed by atoms with van der Waals surface area (Å²) >= 11 is 0. The van der Waals surface area contributed by atoms with E-state index < -0.39 is 12.0 Å². The lowest BCUT2D eigenvalue weighted by molar-refractivity contribution is -0.116. The molecule has 0 radical (unpaired) electrons. The Kier molecular flexibility index (Phi) is 5.36. The fraction of sp³-hybridized carbons (Fsp3) is 0.222. The molecule has 1 atom stereocenters. The predicted octanol–water partition coefficient (Wildman–Crippen LogP) is 3.22. The third kappa shape index (κ3) is 4.32. The molecule has 0 saturated heterocycles. The molecule has 2 aromatic carbocycles. The number of hydrogen-bond donors (Lipinski definition) is 2. The summed E-state index contributed by atoms with van der Waals surface area (Å²) in [6.45, 7) is 3.67. The summed E-state index contributed by atoms with van der Waals surface area (Å²) in [5, 5.41) is 5.97. The van der Waals surface area contributed by atoms with E-state index in [2.05, 4.69) is 10.6 Å². The highest BCUT2D eigenvalue weighted by molar-refractivity contribution is 5.96. The van der Waals surface area contributed by atoms with Crippen molar-refractivity contribution in [3.63, 3.8) is 0 Å². The Balaban J connectivity index is 2.08. The number of rotatable bonds is 5. The van der Waals surface area contributed by atoms with Crippen LogP contribution in [0.1, 0.15) is 22.8 Å². The van der Waals surface area contributed by atoms with E-state index in [1.807, 2.05) is 43.3 Å². The molecule has 0 aliphatic carbocycles. The largest absolute Gasteiger partial charge is 0.465 e. The van der Waals surface area contributed by atoms with Crippen LogP contribution in [0.25, 0.3) is 0 Å². The van der Waals surface area contributed by atoms with E-state index in [-0.39, 0.29) is 5.91 Å². The van der Waals surface area contributed by atoms with Crippen molar-refractivity contribution in [3.8, 4) is 0 Å². The lowest BCUT2D eigenvalue weighted by atomic mass is 10.1. The van der Waals surface area contributed by atoms with E-state index >= 15 is 0 Å². The molecule has 2 rings (SSSR count). The summed E-state index contributed by atoms with van der Waals surface area (Å²) in [7, 11) is 1.34. The third-order valence-electron chi connectivity index (χ3n) is 3.47. The zero-order valence-corrected chi connectivity index (χ0v) is 13.4. The number of anilines is 2. The van der Waals surface area contributed by atoms with Gasteiger partial charge in [-0.3, -0.25) is 4.79 Å². The van der Waals surface area contributed by atoms with Gasteiger partial charge in [-0.15, -0.1) is 0 Å². The minimum absolute atomic E-state index is 0.154. The van der Waals surface area contributed by atoms with Gasteiger partial charge in [-0.25, -0.2) is 4.79 Å². The van der Waals surface area contributed by atoms with Crippen molar-refractivity contribution in [2.45, 2.75) is 19.9 Å². The molecule has 5 nitrogen and oxygen atoms in total. The first-order chi connectivity index (χ1) is 11.0. The number of methoxy groups -OCH3 is 1. The van der Waals surface area contributed by atoms with E-state index in [9.17, 15) is 9.59 Å². The number of hydrogen-bond acceptors (Lipinski definition) is 4. The number of carbonyl (C=O) groups is 2. The van der Waals surface area contributed by atoms with Gasteiger partial charge in [0.1, 0.15) is 6.04 Å². The molecular weight excluding hydrogens is 292 g/mol. The van der Waals surface area contributed by atoms with Crippen LogP contribution in [0.3, 0.4) is 0 Å². The van der Waals surface area contributed by atoms with Gasteiger partial charge in [0, 0.05) is 11.4 Å². The molecule has 0 bridgehead atoms. The van der Waals surface area contributed by atoms with Crippen molar-refractivity contribution >= 4 is 23.3 Å². The van der Waals surface area contributed by atoms with Gasteiger partial charge >= 0.3 is 5.97 Å². The van der Waals surface area contributed by atoms with Crippen LogP contribution in [-0.2, 0) is 9.53 Å². The summed E-state index contributed by atoms with van der Waals surface area (Å²) in [6.07, 6.45) is 0. The summed E-state index contributed by atoms with van der Waals surface area (Å²) in [5.74, 6) is -0.562. The van der Waals surface area contributed by atoms with Gasteiger partial charge in [-0.05, 0) is 43.7 Å². The molecule has 0 saturated carbocycles. The maximum atomic E-state index is 12.2. The molecule has 0 fully saturated rings. The molecule has 5 heteroatoms. The van der Waals surface area contributed by atoms with Crippen LogP contribution in [0.4, 0.5) is 11.4 Å². The average Bonchev–Trinajstić information content (AvgIpc) is 2.56. The predicted molar refractivity (Wildman–Crippen MR) is 90.7 cm³/mol. The van der Waals surface area contributed by atoms with Gasteiger partial charge < -0.3 is 15.4 Å².